The molecule has 0 saturated heterocycles. The van der Waals surface area contributed by atoms with Crippen molar-refractivity contribution in [3.63, 3.8) is 0 Å². The summed E-state index contributed by atoms with van der Waals surface area (Å²) in [5, 5.41) is 3.35. The highest BCUT2D eigenvalue weighted by molar-refractivity contribution is 6.31. The highest BCUT2D eigenvalue weighted by Gasteiger charge is 2.15. The zero-order valence-corrected chi connectivity index (χ0v) is 14.6. The van der Waals surface area contributed by atoms with Gasteiger partial charge in [-0.3, -0.25) is 9.59 Å². The minimum Gasteiger partial charge on any atom is -0.323 e. The Kier molecular flexibility index (Phi) is 6.17. The summed E-state index contributed by atoms with van der Waals surface area (Å²) in [6.07, 6.45) is 2.21. The molecule has 0 aliphatic heterocycles. The SMILES string of the molecule is CC(C)C[C@H](N)C(=O)Nc1ccc(=O)n(Cc2ccccc2Cl)c1. The summed E-state index contributed by atoms with van der Waals surface area (Å²) >= 11 is 6.14. The molecule has 0 saturated carbocycles. The molecule has 0 bridgehead atoms. The summed E-state index contributed by atoms with van der Waals surface area (Å²) < 4.78 is 1.50. The number of pyridine rings is 1. The molecular weight excluding hydrogens is 326 g/mol. The van der Waals surface area contributed by atoms with Crippen LogP contribution in [-0.4, -0.2) is 16.5 Å². The summed E-state index contributed by atoms with van der Waals surface area (Å²) in [5.74, 6) is 0.0755. The average Bonchev–Trinajstić information content (AvgIpc) is 2.52. The predicted octanol–water partition coefficient (Wildman–Crippen LogP) is 2.86. The van der Waals surface area contributed by atoms with Gasteiger partial charge in [-0.2, -0.15) is 0 Å². The first kappa shape index (κ1) is 18.2. The van der Waals surface area contributed by atoms with Crippen molar-refractivity contribution < 1.29 is 4.79 Å². The molecule has 0 aliphatic rings. The Balaban J connectivity index is 2.15. The van der Waals surface area contributed by atoms with Crippen LogP contribution in [0.2, 0.25) is 5.02 Å². The van der Waals surface area contributed by atoms with E-state index in [2.05, 4.69) is 5.32 Å². The van der Waals surface area contributed by atoms with Gasteiger partial charge in [0, 0.05) is 17.3 Å². The molecule has 1 aromatic carbocycles. The molecule has 1 amide bonds. The number of hydrogen-bond acceptors (Lipinski definition) is 3. The van der Waals surface area contributed by atoms with Crippen molar-refractivity contribution >= 4 is 23.2 Å². The van der Waals surface area contributed by atoms with Gasteiger partial charge in [-0.1, -0.05) is 43.6 Å². The van der Waals surface area contributed by atoms with Gasteiger partial charge in [0.1, 0.15) is 0 Å². The Morgan fingerprint density at radius 1 is 1.25 bits per heavy atom. The van der Waals surface area contributed by atoms with Crippen LogP contribution in [0.3, 0.4) is 0 Å². The van der Waals surface area contributed by atoms with Gasteiger partial charge < -0.3 is 15.6 Å². The Morgan fingerprint density at radius 2 is 1.96 bits per heavy atom. The monoisotopic (exact) mass is 347 g/mol. The van der Waals surface area contributed by atoms with Crippen LogP contribution in [0.25, 0.3) is 0 Å². The van der Waals surface area contributed by atoms with E-state index in [1.807, 2.05) is 32.0 Å². The largest absolute Gasteiger partial charge is 0.323 e. The molecule has 0 unspecified atom stereocenters. The van der Waals surface area contributed by atoms with Crippen LogP contribution in [0.5, 0.6) is 0 Å². The summed E-state index contributed by atoms with van der Waals surface area (Å²) in [5.41, 5.74) is 7.08. The maximum absolute atomic E-state index is 12.1. The number of anilines is 1. The van der Waals surface area contributed by atoms with E-state index in [1.54, 1.807) is 18.3 Å². The molecule has 1 aromatic heterocycles. The first-order chi connectivity index (χ1) is 11.4. The van der Waals surface area contributed by atoms with E-state index in [0.717, 1.165) is 5.56 Å². The second-order valence-electron chi connectivity index (χ2n) is 6.20. The van der Waals surface area contributed by atoms with Crippen molar-refractivity contribution in [2.24, 2.45) is 11.7 Å². The number of benzene rings is 1. The van der Waals surface area contributed by atoms with Crippen LogP contribution in [0.1, 0.15) is 25.8 Å². The van der Waals surface area contributed by atoms with E-state index in [9.17, 15) is 9.59 Å². The van der Waals surface area contributed by atoms with Crippen LogP contribution in [0.15, 0.2) is 47.4 Å². The first-order valence-corrected chi connectivity index (χ1v) is 8.25. The van der Waals surface area contributed by atoms with Gasteiger partial charge in [0.2, 0.25) is 5.91 Å². The van der Waals surface area contributed by atoms with Crippen molar-refractivity contribution in [3.8, 4) is 0 Å². The third-order valence-corrected chi connectivity index (χ3v) is 3.98. The van der Waals surface area contributed by atoms with Crippen LogP contribution in [-0.2, 0) is 11.3 Å². The van der Waals surface area contributed by atoms with Crippen molar-refractivity contribution in [2.45, 2.75) is 32.9 Å². The van der Waals surface area contributed by atoms with E-state index >= 15 is 0 Å². The van der Waals surface area contributed by atoms with Crippen LogP contribution < -0.4 is 16.6 Å². The Bertz CT molecular complexity index is 771. The molecular formula is C18H22ClN3O2. The second kappa shape index (κ2) is 8.13. The molecule has 0 spiro atoms. The van der Waals surface area contributed by atoms with Gasteiger partial charge in [-0.05, 0) is 30.0 Å². The van der Waals surface area contributed by atoms with Crippen LogP contribution in [0, 0.1) is 5.92 Å². The molecule has 1 heterocycles. The van der Waals surface area contributed by atoms with Gasteiger partial charge in [-0.15, -0.1) is 0 Å². The molecule has 1 atom stereocenters. The number of aromatic nitrogens is 1. The smallest absolute Gasteiger partial charge is 0.250 e. The number of nitrogens with two attached hydrogens (primary N) is 1. The minimum absolute atomic E-state index is 0.167. The lowest BCUT2D eigenvalue weighted by molar-refractivity contribution is -0.117. The first-order valence-electron chi connectivity index (χ1n) is 7.87. The standard InChI is InChI=1S/C18H22ClN3O2/c1-12(2)9-16(20)18(24)21-14-7-8-17(23)22(11-14)10-13-5-3-4-6-15(13)19/h3-8,11-12,16H,9-10,20H2,1-2H3,(H,21,24)/t16-/m0/s1. The molecule has 24 heavy (non-hydrogen) atoms. The summed E-state index contributed by atoms with van der Waals surface area (Å²) in [4.78, 5) is 24.1. The molecule has 5 nitrogen and oxygen atoms in total. The molecule has 0 aliphatic carbocycles. The van der Waals surface area contributed by atoms with Gasteiger partial charge in [-0.25, -0.2) is 0 Å². The third-order valence-electron chi connectivity index (χ3n) is 3.61. The number of nitrogens with zero attached hydrogens (tertiary/aromatic N) is 1. The molecule has 0 radical (unpaired) electrons. The van der Waals surface area contributed by atoms with Gasteiger partial charge in [0.15, 0.2) is 0 Å². The zero-order chi connectivity index (χ0) is 17.7. The number of nitrogens with one attached hydrogen (secondary N) is 1. The molecule has 6 heteroatoms. The minimum atomic E-state index is -0.575. The Morgan fingerprint density at radius 3 is 2.62 bits per heavy atom. The number of amides is 1. The lowest BCUT2D eigenvalue weighted by atomic mass is 10.0. The number of rotatable bonds is 6. The fourth-order valence-electron chi connectivity index (χ4n) is 2.39. The molecule has 2 rings (SSSR count). The van der Waals surface area contributed by atoms with Gasteiger partial charge in [0.05, 0.1) is 18.3 Å². The quantitative estimate of drug-likeness (QED) is 0.843. The lowest BCUT2D eigenvalue weighted by Crippen LogP contribution is -2.37. The fraction of sp³-hybridized carbons (Fsp3) is 0.333. The third kappa shape index (κ3) is 4.94. The van der Waals surface area contributed by atoms with Crippen molar-refractivity contribution in [1.82, 2.24) is 4.57 Å². The zero-order valence-electron chi connectivity index (χ0n) is 13.8. The van der Waals surface area contributed by atoms with E-state index in [1.165, 1.54) is 10.6 Å². The lowest BCUT2D eigenvalue weighted by Gasteiger charge is -2.15. The number of hydrogen-bond donors (Lipinski definition) is 2. The van der Waals surface area contributed by atoms with E-state index < -0.39 is 6.04 Å². The maximum atomic E-state index is 12.1. The molecule has 0 fully saturated rings. The van der Waals surface area contributed by atoms with Crippen molar-refractivity contribution in [1.29, 1.82) is 0 Å². The van der Waals surface area contributed by atoms with E-state index in [4.69, 9.17) is 17.3 Å². The molecule has 2 aromatic rings. The van der Waals surface area contributed by atoms with E-state index in [0.29, 0.717) is 29.6 Å². The van der Waals surface area contributed by atoms with Crippen LogP contribution in [0.4, 0.5) is 5.69 Å². The number of carbonyl (C=O) groups is 1. The summed E-state index contributed by atoms with van der Waals surface area (Å²) in [6, 6.07) is 9.75. The maximum Gasteiger partial charge on any atom is 0.250 e. The van der Waals surface area contributed by atoms with Gasteiger partial charge >= 0.3 is 0 Å². The van der Waals surface area contributed by atoms with Crippen LogP contribution >= 0.6 is 11.6 Å². The summed E-state index contributed by atoms with van der Waals surface area (Å²) in [7, 11) is 0. The highest BCUT2D eigenvalue weighted by Crippen LogP contribution is 2.16. The number of carbonyl (C=O) groups excluding carboxylic acids is 1. The molecule has 3 N–H and O–H groups in total. The average molecular weight is 348 g/mol. The Labute approximate surface area is 146 Å². The molecule has 128 valence electrons. The summed E-state index contributed by atoms with van der Waals surface area (Å²) in [6.45, 7) is 4.36. The number of halogens is 1. The van der Waals surface area contributed by atoms with E-state index in [-0.39, 0.29) is 11.5 Å². The fourth-order valence-corrected chi connectivity index (χ4v) is 2.58. The van der Waals surface area contributed by atoms with Crippen molar-refractivity contribution in [3.05, 3.63) is 63.5 Å². The predicted molar refractivity (Wildman–Crippen MR) is 97.3 cm³/mol. The normalized spacial score (nSPS) is 12.2. The highest BCUT2D eigenvalue weighted by atomic mass is 35.5. The second-order valence-corrected chi connectivity index (χ2v) is 6.61. The Hall–Kier alpha value is -2.11. The van der Waals surface area contributed by atoms with Crippen molar-refractivity contribution in [2.75, 3.05) is 5.32 Å². The topological polar surface area (TPSA) is 77.1 Å². The van der Waals surface area contributed by atoms with Gasteiger partial charge in [0.25, 0.3) is 5.56 Å².